The Morgan fingerprint density at radius 1 is 1.00 bits per heavy atom. The van der Waals surface area contributed by atoms with E-state index in [0.29, 0.717) is 6.42 Å². The highest BCUT2D eigenvalue weighted by Crippen LogP contribution is 2.47. The zero-order chi connectivity index (χ0) is 16.1. The lowest BCUT2D eigenvalue weighted by molar-refractivity contribution is -0.116. The standard InChI is InChI=1S/C21H17NO2/c23-17-8-3-7-15-19-14-6-2-1-5-13(14)10-11-16(19)22-21(20(15)17)18-9-4-12-24-18/h1-2,4-6,9-12,21-22H,3,7-8H2/t21-/m0/s1. The average Bonchev–Trinajstić information content (AvgIpc) is 3.15. The highest BCUT2D eigenvalue weighted by atomic mass is 16.3. The summed E-state index contributed by atoms with van der Waals surface area (Å²) in [7, 11) is 0. The van der Waals surface area contributed by atoms with Gasteiger partial charge in [0.25, 0.3) is 0 Å². The third-order valence-electron chi connectivity index (χ3n) is 5.10. The van der Waals surface area contributed by atoms with Gasteiger partial charge in [0.05, 0.1) is 6.26 Å². The van der Waals surface area contributed by atoms with E-state index >= 15 is 0 Å². The Morgan fingerprint density at radius 3 is 2.79 bits per heavy atom. The summed E-state index contributed by atoms with van der Waals surface area (Å²) in [5.74, 6) is 1.04. The number of Topliss-reactive ketones (excluding diaryl/α,β-unsaturated/α-hetero) is 1. The van der Waals surface area contributed by atoms with Crippen molar-refractivity contribution in [2.45, 2.75) is 25.3 Å². The summed E-state index contributed by atoms with van der Waals surface area (Å²) < 4.78 is 5.62. The lowest BCUT2D eigenvalue weighted by atomic mass is 9.78. The van der Waals surface area contributed by atoms with Crippen molar-refractivity contribution in [1.29, 1.82) is 0 Å². The second-order valence-corrected chi connectivity index (χ2v) is 6.47. The Labute approximate surface area is 140 Å². The number of anilines is 1. The number of allylic oxidation sites excluding steroid dienone is 1. The molecule has 5 rings (SSSR count). The molecule has 0 bridgehead atoms. The van der Waals surface area contributed by atoms with Crippen molar-refractivity contribution < 1.29 is 9.21 Å². The first kappa shape index (κ1) is 13.6. The van der Waals surface area contributed by atoms with Crippen LogP contribution in [0.2, 0.25) is 0 Å². The van der Waals surface area contributed by atoms with Crippen molar-refractivity contribution >= 4 is 27.8 Å². The second-order valence-electron chi connectivity index (χ2n) is 6.47. The Hall–Kier alpha value is -2.81. The van der Waals surface area contributed by atoms with Crippen molar-refractivity contribution in [2.75, 3.05) is 5.32 Å². The van der Waals surface area contributed by atoms with Gasteiger partial charge in [0.15, 0.2) is 5.78 Å². The van der Waals surface area contributed by atoms with Crippen molar-refractivity contribution in [3.8, 4) is 0 Å². The molecule has 0 amide bonds. The van der Waals surface area contributed by atoms with E-state index in [1.54, 1.807) is 6.26 Å². The SMILES string of the molecule is O=C1CCCC2=C1[C@H](c1ccco1)Nc1ccc3ccccc3c12. The third kappa shape index (κ3) is 1.88. The van der Waals surface area contributed by atoms with Gasteiger partial charge < -0.3 is 9.73 Å². The van der Waals surface area contributed by atoms with Crippen LogP contribution in [0, 0.1) is 0 Å². The van der Waals surface area contributed by atoms with Crippen LogP contribution >= 0.6 is 0 Å². The smallest absolute Gasteiger partial charge is 0.161 e. The summed E-state index contributed by atoms with van der Waals surface area (Å²) >= 11 is 0. The highest BCUT2D eigenvalue weighted by Gasteiger charge is 2.35. The summed E-state index contributed by atoms with van der Waals surface area (Å²) in [6, 6.07) is 16.3. The molecule has 0 saturated carbocycles. The maximum absolute atomic E-state index is 12.7. The fraction of sp³-hybridized carbons (Fsp3) is 0.190. The van der Waals surface area contributed by atoms with Gasteiger partial charge in [-0.05, 0) is 47.4 Å². The monoisotopic (exact) mass is 315 g/mol. The summed E-state index contributed by atoms with van der Waals surface area (Å²) in [5, 5.41) is 5.97. The third-order valence-corrected chi connectivity index (χ3v) is 5.10. The van der Waals surface area contributed by atoms with E-state index < -0.39 is 0 Å². The number of nitrogens with one attached hydrogen (secondary N) is 1. The Bertz CT molecular complexity index is 982. The van der Waals surface area contributed by atoms with E-state index in [-0.39, 0.29) is 11.8 Å². The fourth-order valence-electron chi connectivity index (χ4n) is 4.07. The molecule has 0 unspecified atom stereocenters. The molecule has 3 nitrogen and oxygen atoms in total. The van der Waals surface area contributed by atoms with Gasteiger partial charge in [-0.1, -0.05) is 30.3 Å². The molecule has 0 saturated heterocycles. The number of furan rings is 1. The van der Waals surface area contributed by atoms with Crippen molar-refractivity contribution in [1.82, 2.24) is 0 Å². The van der Waals surface area contributed by atoms with Gasteiger partial charge in [-0.25, -0.2) is 0 Å². The normalized spacial score (nSPS) is 19.8. The number of hydrogen-bond acceptors (Lipinski definition) is 3. The zero-order valence-electron chi connectivity index (χ0n) is 13.2. The molecular weight excluding hydrogens is 298 g/mol. The van der Waals surface area contributed by atoms with Gasteiger partial charge in [-0.15, -0.1) is 0 Å². The molecular formula is C21H17NO2. The number of carbonyl (C=O) groups is 1. The number of carbonyl (C=O) groups excluding carboxylic acids is 1. The van der Waals surface area contributed by atoms with Gasteiger partial charge >= 0.3 is 0 Å². The van der Waals surface area contributed by atoms with E-state index in [0.717, 1.165) is 29.9 Å². The lowest BCUT2D eigenvalue weighted by Crippen LogP contribution is -2.27. The van der Waals surface area contributed by atoms with Crippen LogP contribution in [0.15, 0.2) is 64.8 Å². The molecule has 118 valence electrons. The number of hydrogen-bond donors (Lipinski definition) is 1. The van der Waals surface area contributed by atoms with E-state index in [4.69, 9.17) is 4.42 Å². The van der Waals surface area contributed by atoms with Crippen LogP contribution < -0.4 is 5.32 Å². The van der Waals surface area contributed by atoms with Gasteiger partial charge in [0.1, 0.15) is 11.8 Å². The van der Waals surface area contributed by atoms with Crippen LogP contribution in [-0.2, 0) is 4.79 Å². The van der Waals surface area contributed by atoms with Gasteiger partial charge in [0, 0.05) is 23.2 Å². The molecule has 3 heteroatoms. The average molecular weight is 315 g/mol. The largest absolute Gasteiger partial charge is 0.467 e. The van der Waals surface area contributed by atoms with E-state index in [1.807, 2.05) is 12.1 Å². The van der Waals surface area contributed by atoms with Gasteiger partial charge in [0.2, 0.25) is 0 Å². The molecule has 2 aromatic carbocycles. The Morgan fingerprint density at radius 2 is 1.92 bits per heavy atom. The van der Waals surface area contributed by atoms with Crippen LogP contribution in [0.3, 0.4) is 0 Å². The molecule has 0 radical (unpaired) electrons. The van der Waals surface area contributed by atoms with Crippen LogP contribution in [0.5, 0.6) is 0 Å². The molecule has 0 fully saturated rings. The first-order valence-electron chi connectivity index (χ1n) is 8.41. The summed E-state index contributed by atoms with van der Waals surface area (Å²) in [5.41, 5.74) is 4.36. The number of ketones is 1. The highest BCUT2D eigenvalue weighted by molar-refractivity contribution is 6.12. The van der Waals surface area contributed by atoms with Crippen molar-refractivity contribution in [2.24, 2.45) is 0 Å². The number of rotatable bonds is 1. The molecule has 1 N–H and O–H groups in total. The van der Waals surface area contributed by atoms with E-state index in [1.165, 1.54) is 21.9 Å². The first-order chi connectivity index (χ1) is 11.8. The Balaban J connectivity index is 1.82. The predicted molar refractivity (Wildman–Crippen MR) is 94.8 cm³/mol. The van der Waals surface area contributed by atoms with Crippen LogP contribution in [0.4, 0.5) is 5.69 Å². The van der Waals surface area contributed by atoms with Gasteiger partial charge in [-0.3, -0.25) is 4.79 Å². The van der Waals surface area contributed by atoms with Crippen LogP contribution in [-0.4, -0.2) is 5.78 Å². The van der Waals surface area contributed by atoms with Gasteiger partial charge in [-0.2, -0.15) is 0 Å². The lowest BCUT2D eigenvalue weighted by Gasteiger charge is -2.33. The molecule has 1 aliphatic heterocycles. The molecule has 2 aliphatic rings. The minimum atomic E-state index is -0.184. The molecule has 24 heavy (non-hydrogen) atoms. The molecule has 0 spiro atoms. The van der Waals surface area contributed by atoms with Crippen LogP contribution in [0.1, 0.15) is 36.6 Å². The van der Waals surface area contributed by atoms with E-state index in [9.17, 15) is 4.79 Å². The molecule has 1 aromatic heterocycles. The summed E-state index contributed by atoms with van der Waals surface area (Å²) in [6.07, 6.45) is 4.16. The minimum absolute atomic E-state index is 0.184. The number of fused-ring (bicyclic) bond motifs is 4. The molecule has 3 aromatic rings. The zero-order valence-corrected chi connectivity index (χ0v) is 13.2. The first-order valence-corrected chi connectivity index (χ1v) is 8.41. The fourth-order valence-corrected chi connectivity index (χ4v) is 4.07. The molecule has 1 aliphatic carbocycles. The molecule has 1 atom stereocenters. The van der Waals surface area contributed by atoms with Crippen molar-refractivity contribution in [3.63, 3.8) is 0 Å². The Kier molecular flexibility index (Phi) is 2.89. The van der Waals surface area contributed by atoms with Crippen LogP contribution in [0.25, 0.3) is 16.3 Å². The second kappa shape index (κ2) is 5.10. The maximum atomic E-state index is 12.7. The minimum Gasteiger partial charge on any atom is -0.467 e. The quantitative estimate of drug-likeness (QED) is 0.679. The predicted octanol–water partition coefficient (Wildman–Crippen LogP) is 5.11. The maximum Gasteiger partial charge on any atom is 0.161 e. The van der Waals surface area contributed by atoms with Crippen molar-refractivity contribution in [3.05, 3.63) is 71.7 Å². The summed E-state index contributed by atoms with van der Waals surface area (Å²) in [4.78, 5) is 12.7. The number of benzene rings is 2. The summed E-state index contributed by atoms with van der Waals surface area (Å²) in [6.45, 7) is 0. The topological polar surface area (TPSA) is 42.2 Å². The molecule has 2 heterocycles. The van der Waals surface area contributed by atoms with E-state index in [2.05, 4.69) is 41.7 Å².